The number of rotatable bonds is 5. The number of carbonyl (C=O) groups excluding carboxylic acids is 1. The molecule has 0 amide bonds. The van der Waals surface area contributed by atoms with E-state index in [-0.39, 0.29) is 12.5 Å². The van der Waals surface area contributed by atoms with E-state index in [1.807, 2.05) is 0 Å². The lowest BCUT2D eigenvalue weighted by Gasteiger charge is -2.06. The molecule has 0 aromatic carbocycles. The van der Waals surface area contributed by atoms with Gasteiger partial charge in [0.1, 0.15) is 0 Å². The second-order valence-electron chi connectivity index (χ2n) is 4.34. The minimum absolute atomic E-state index is 0.0288. The molecule has 6 nitrogen and oxygen atoms in total. The van der Waals surface area contributed by atoms with Crippen molar-refractivity contribution in [3.8, 4) is 0 Å². The van der Waals surface area contributed by atoms with Gasteiger partial charge in [-0.25, -0.2) is 4.79 Å². The highest BCUT2D eigenvalue weighted by Gasteiger charge is 2.22. The highest BCUT2D eigenvalue weighted by atomic mass is 16.7. The van der Waals surface area contributed by atoms with Gasteiger partial charge in [0.15, 0.2) is 12.5 Å². The predicted molar refractivity (Wildman–Crippen MR) is 61.3 cm³/mol. The van der Waals surface area contributed by atoms with E-state index in [1.165, 1.54) is 17.5 Å². The lowest BCUT2D eigenvalue weighted by molar-refractivity contribution is -0.0350. The number of nitrogen functional groups attached to an aromatic ring is 1. The normalized spacial score (nSPS) is 14.9. The van der Waals surface area contributed by atoms with Crippen molar-refractivity contribution in [2.24, 2.45) is 13.0 Å². The zero-order valence-electron chi connectivity index (χ0n) is 10.1. The average molecular weight is 239 g/mol. The van der Waals surface area contributed by atoms with Gasteiger partial charge >= 0.3 is 5.97 Å². The van der Waals surface area contributed by atoms with E-state index in [2.05, 4.69) is 5.10 Å². The summed E-state index contributed by atoms with van der Waals surface area (Å²) < 4.78 is 11.6. The number of carbonyl (C=O) groups is 1. The molecule has 0 saturated heterocycles. The summed E-state index contributed by atoms with van der Waals surface area (Å²) in [6.07, 6.45) is 2.42. The first-order chi connectivity index (χ1) is 8.09. The summed E-state index contributed by atoms with van der Waals surface area (Å²) in [6, 6.07) is 0. The van der Waals surface area contributed by atoms with Crippen molar-refractivity contribution in [3.05, 3.63) is 11.4 Å². The largest absolute Gasteiger partial charge is 0.434 e. The Morgan fingerprint density at radius 1 is 1.59 bits per heavy atom. The number of hydrogen-bond donors (Lipinski definition) is 1. The number of nitrogens with zero attached hydrogens (tertiary/aromatic N) is 2. The number of nitrogens with two attached hydrogens (primary N) is 1. The van der Waals surface area contributed by atoms with Crippen molar-refractivity contribution in [2.75, 3.05) is 19.1 Å². The van der Waals surface area contributed by atoms with E-state index >= 15 is 0 Å². The van der Waals surface area contributed by atoms with Gasteiger partial charge in [0, 0.05) is 7.05 Å². The molecule has 17 heavy (non-hydrogen) atoms. The first kappa shape index (κ1) is 11.9. The van der Waals surface area contributed by atoms with Crippen LogP contribution in [0.15, 0.2) is 0 Å². The summed E-state index contributed by atoms with van der Waals surface area (Å²) in [7, 11) is 1.66. The van der Waals surface area contributed by atoms with Crippen LogP contribution in [0.3, 0.4) is 0 Å². The quantitative estimate of drug-likeness (QED) is 0.468. The molecule has 1 heterocycles. The number of ether oxygens (including phenoxy) is 2. The van der Waals surface area contributed by atoms with Crippen LogP contribution >= 0.6 is 0 Å². The Morgan fingerprint density at radius 2 is 2.29 bits per heavy atom. The van der Waals surface area contributed by atoms with Crippen LogP contribution < -0.4 is 5.73 Å². The van der Waals surface area contributed by atoms with Crippen LogP contribution in [0, 0.1) is 12.8 Å². The van der Waals surface area contributed by atoms with Gasteiger partial charge in [-0.2, -0.15) is 5.10 Å². The minimum Gasteiger partial charge on any atom is -0.434 e. The fourth-order valence-corrected chi connectivity index (χ4v) is 1.58. The third-order valence-corrected chi connectivity index (χ3v) is 2.79. The smallest absolute Gasteiger partial charge is 0.360 e. The third-order valence-electron chi connectivity index (χ3n) is 2.79. The van der Waals surface area contributed by atoms with Crippen molar-refractivity contribution in [3.63, 3.8) is 0 Å². The Kier molecular flexibility index (Phi) is 3.33. The highest BCUT2D eigenvalue weighted by molar-refractivity contribution is 5.93. The Hall–Kier alpha value is -1.56. The number of esters is 1. The van der Waals surface area contributed by atoms with E-state index in [9.17, 15) is 4.79 Å². The Balaban J connectivity index is 1.85. The molecule has 1 saturated carbocycles. The second kappa shape index (κ2) is 4.75. The van der Waals surface area contributed by atoms with Gasteiger partial charge in [-0.3, -0.25) is 4.68 Å². The van der Waals surface area contributed by atoms with Crippen LogP contribution in [0.1, 0.15) is 29.0 Å². The summed E-state index contributed by atoms with van der Waals surface area (Å²) in [5, 5.41) is 4.05. The summed E-state index contributed by atoms with van der Waals surface area (Å²) in [6.45, 7) is 2.38. The monoisotopic (exact) mass is 239 g/mol. The third kappa shape index (κ3) is 2.76. The maximum absolute atomic E-state index is 11.7. The topological polar surface area (TPSA) is 79.4 Å². The van der Waals surface area contributed by atoms with Gasteiger partial charge < -0.3 is 15.2 Å². The predicted octanol–water partition coefficient (Wildman–Crippen LogP) is 0.852. The van der Waals surface area contributed by atoms with E-state index in [4.69, 9.17) is 15.2 Å². The molecule has 1 aromatic heterocycles. The molecule has 0 unspecified atom stereocenters. The van der Waals surface area contributed by atoms with E-state index < -0.39 is 5.97 Å². The lowest BCUT2D eigenvalue weighted by Crippen LogP contribution is -2.15. The van der Waals surface area contributed by atoms with Crippen LogP contribution in [0.5, 0.6) is 0 Å². The molecule has 0 radical (unpaired) electrons. The minimum atomic E-state index is -0.499. The molecular weight excluding hydrogens is 222 g/mol. The van der Waals surface area contributed by atoms with Crippen molar-refractivity contribution in [1.82, 2.24) is 9.78 Å². The van der Waals surface area contributed by atoms with Crippen LogP contribution in [0.2, 0.25) is 0 Å². The number of hydrogen-bond acceptors (Lipinski definition) is 5. The van der Waals surface area contributed by atoms with Crippen molar-refractivity contribution < 1.29 is 14.3 Å². The maximum atomic E-state index is 11.7. The average Bonchev–Trinajstić information content (AvgIpc) is 3.04. The zero-order chi connectivity index (χ0) is 12.4. The Morgan fingerprint density at radius 3 is 2.82 bits per heavy atom. The molecule has 1 aliphatic rings. The number of aromatic nitrogens is 2. The molecule has 1 aromatic rings. The summed E-state index contributed by atoms with van der Waals surface area (Å²) in [5.41, 5.74) is 7.00. The van der Waals surface area contributed by atoms with Crippen molar-refractivity contribution in [2.45, 2.75) is 19.8 Å². The maximum Gasteiger partial charge on any atom is 0.360 e. The van der Waals surface area contributed by atoms with Gasteiger partial charge in [-0.05, 0) is 25.7 Å². The number of aryl methyl sites for hydroxylation is 2. The number of anilines is 1. The second-order valence-corrected chi connectivity index (χ2v) is 4.34. The van der Waals surface area contributed by atoms with Gasteiger partial charge in [0.25, 0.3) is 0 Å². The van der Waals surface area contributed by atoms with E-state index in [0.717, 1.165) is 0 Å². The summed E-state index contributed by atoms with van der Waals surface area (Å²) >= 11 is 0. The molecule has 0 aliphatic heterocycles. The van der Waals surface area contributed by atoms with Crippen molar-refractivity contribution in [1.29, 1.82) is 0 Å². The zero-order valence-corrected chi connectivity index (χ0v) is 10.1. The van der Waals surface area contributed by atoms with Crippen LogP contribution in [-0.4, -0.2) is 29.1 Å². The van der Waals surface area contributed by atoms with Crippen molar-refractivity contribution >= 4 is 11.7 Å². The summed E-state index contributed by atoms with van der Waals surface area (Å²) in [4.78, 5) is 11.7. The molecule has 0 atom stereocenters. The van der Waals surface area contributed by atoms with Gasteiger partial charge in [-0.1, -0.05) is 0 Å². The Bertz CT molecular complexity index is 424. The van der Waals surface area contributed by atoms with Crippen LogP contribution in [0.4, 0.5) is 5.69 Å². The fourth-order valence-electron chi connectivity index (χ4n) is 1.58. The molecule has 1 fully saturated rings. The molecule has 2 rings (SSSR count). The molecule has 1 aliphatic carbocycles. The first-order valence-electron chi connectivity index (χ1n) is 5.63. The molecule has 0 spiro atoms. The molecule has 0 bridgehead atoms. The van der Waals surface area contributed by atoms with E-state index in [1.54, 1.807) is 14.0 Å². The van der Waals surface area contributed by atoms with Gasteiger partial charge in [0.2, 0.25) is 0 Å². The van der Waals surface area contributed by atoms with Crippen LogP contribution in [0.25, 0.3) is 0 Å². The SMILES string of the molecule is Cc1nn(C)c(C(=O)OCOCC2CC2)c1N. The lowest BCUT2D eigenvalue weighted by atomic mass is 10.3. The standard InChI is InChI=1S/C11H17N3O3/c1-7-9(12)10(14(2)13-7)11(15)17-6-16-5-8-3-4-8/h8H,3-6,12H2,1-2H3. The van der Waals surface area contributed by atoms with E-state index in [0.29, 0.717) is 23.9 Å². The molecule has 6 heteroatoms. The van der Waals surface area contributed by atoms with Gasteiger partial charge in [0.05, 0.1) is 18.0 Å². The van der Waals surface area contributed by atoms with Gasteiger partial charge in [-0.15, -0.1) is 0 Å². The highest BCUT2D eigenvalue weighted by Crippen LogP contribution is 2.28. The first-order valence-corrected chi connectivity index (χ1v) is 5.63. The molecule has 94 valence electrons. The van der Waals surface area contributed by atoms with Crippen LogP contribution in [-0.2, 0) is 16.5 Å². The summed E-state index contributed by atoms with van der Waals surface area (Å²) in [5.74, 6) is 0.152. The Labute approximate surface area is 99.7 Å². The molecular formula is C11H17N3O3. The molecule has 2 N–H and O–H groups in total. The fraction of sp³-hybridized carbons (Fsp3) is 0.636.